The normalized spacial score (nSPS) is 13.4. The fourth-order valence-corrected chi connectivity index (χ4v) is 6.05. The van der Waals surface area contributed by atoms with E-state index in [1.54, 1.807) is 0 Å². The molecule has 0 radical (unpaired) electrons. The Bertz CT molecular complexity index is 1480. The van der Waals surface area contributed by atoms with Gasteiger partial charge in [-0.25, -0.2) is 0 Å². The van der Waals surface area contributed by atoms with Crippen molar-refractivity contribution in [3.8, 4) is 0 Å². The minimum atomic E-state index is -0.828. The molecule has 0 aromatic heterocycles. The largest absolute Gasteiger partial charge is 0.462 e. The second-order valence-electron chi connectivity index (χ2n) is 15.9. The van der Waals surface area contributed by atoms with Gasteiger partial charge in [0.2, 0.25) is 0 Å². The van der Waals surface area contributed by atoms with Crippen molar-refractivity contribution in [3.63, 3.8) is 0 Å². The molecule has 0 amide bonds. The zero-order valence-corrected chi connectivity index (χ0v) is 40.5. The molecule has 356 valence electrons. The standard InChI is InChI=1S/C58H88O6/c1-4-7-10-13-16-19-22-24-26-28-30-31-33-36-39-42-45-48-51-57(60)63-54-55(53-62-56(59)50-47-44-41-38-35-21-18-15-12-9-6-3)64-58(61)52-49-46-43-40-37-34-32-29-27-25-23-20-17-14-11-8-5-2/h8,11,14-32,34-35,37,55H,4-7,9-10,12-13,33,36,38-54H2,1-3H3/b11-8-,17-14-,18-15-,19-16-,23-20-,24-22-,27-25-,28-26-,31-30-,32-29+,35-21-,37-34-. The summed E-state index contributed by atoms with van der Waals surface area (Å²) in [5, 5.41) is 0. The van der Waals surface area contributed by atoms with Crippen LogP contribution in [0.5, 0.6) is 0 Å². The topological polar surface area (TPSA) is 78.9 Å². The lowest BCUT2D eigenvalue weighted by molar-refractivity contribution is -0.167. The Morgan fingerprint density at radius 2 is 0.625 bits per heavy atom. The van der Waals surface area contributed by atoms with Gasteiger partial charge in [0.25, 0.3) is 0 Å². The summed E-state index contributed by atoms with van der Waals surface area (Å²) < 4.78 is 16.7. The number of carbonyl (C=O) groups is 3. The van der Waals surface area contributed by atoms with E-state index < -0.39 is 6.10 Å². The molecule has 1 unspecified atom stereocenters. The van der Waals surface area contributed by atoms with Gasteiger partial charge in [0.05, 0.1) is 0 Å². The van der Waals surface area contributed by atoms with Gasteiger partial charge in [-0.3, -0.25) is 14.4 Å². The summed E-state index contributed by atoms with van der Waals surface area (Å²) in [5.74, 6) is -1.03. The maximum atomic E-state index is 12.8. The molecule has 0 saturated heterocycles. The molecule has 0 saturated carbocycles. The first-order valence-electron chi connectivity index (χ1n) is 25.0. The van der Waals surface area contributed by atoms with Crippen LogP contribution in [0.4, 0.5) is 0 Å². The third-order valence-electron chi connectivity index (χ3n) is 9.83. The lowest BCUT2D eigenvalue weighted by Gasteiger charge is -2.18. The van der Waals surface area contributed by atoms with Crippen molar-refractivity contribution in [1.82, 2.24) is 0 Å². The average molecular weight is 881 g/mol. The predicted molar refractivity (Wildman–Crippen MR) is 274 cm³/mol. The highest BCUT2D eigenvalue weighted by atomic mass is 16.6. The molecule has 0 heterocycles. The van der Waals surface area contributed by atoms with Crippen molar-refractivity contribution in [2.24, 2.45) is 0 Å². The molecule has 0 aliphatic rings. The average Bonchev–Trinajstić information content (AvgIpc) is 3.29. The second kappa shape index (κ2) is 50.9. The molecule has 0 spiro atoms. The summed E-state index contributed by atoms with van der Waals surface area (Å²) in [6.07, 6.45) is 72.5. The van der Waals surface area contributed by atoms with E-state index in [4.69, 9.17) is 14.2 Å². The lowest BCUT2D eigenvalue weighted by Crippen LogP contribution is -2.30. The molecule has 0 fully saturated rings. The summed E-state index contributed by atoms with van der Waals surface area (Å²) in [4.78, 5) is 37.9. The van der Waals surface area contributed by atoms with E-state index in [0.29, 0.717) is 19.3 Å². The number of rotatable bonds is 42. The van der Waals surface area contributed by atoms with Gasteiger partial charge >= 0.3 is 17.9 Å². The van der Waals surface area contributed by atoms with Crippen LogP contribution in [0.3, 0.4) is 0 Å². The predicted octanol–water partition coefficient (Wildman–Crippen LogP) is 16.5. The number of hydrogen-bond donors (Lipinski definition) is 0. The van der Waals surface area contributed by atoms with Crippen LogP contribution in [0.25, 0.3) is 0 Å². The molecule has 6 heteroatoms. The van der Waals surface area contributed by atoms with Crippen LogP contribution >= 0.6 is 0 Å². The molecule has 1 atom stereocenters. The van der Waals surface area contributed by atoms with Crippen molar-refractivity contribution in [1.29, 1.82) is 0 Å². The molecule has 0 aromatic rings. The van der Waals surface area contributed by atoms with Crippen molar-refractivity contribution >= 4 is 17.9 Å². The van der Waals surface area contributed by atoms with Crippen LogP contribution in [0.1, 0.15) is 181 Å². The molecule has 0 aliphatic carbocycles. The zero-order chi connectivity index (χ0) is 46.5. The van der Waals surface area contributed by atoms with E-state index in [0.717, 1.165) is 103 Å². The zero-order valence-electron chi connectivity index (χ0n) is 40.5. The Labute approximate surface area is 391 Å². The van der Waals surface area contributed by atoms with E-state index in [1.165, 1.54) is 32.1 Å². The van der Waals surface area contributed by atoms with Gasteiger partial charge in [0.1, 0.15) is 13.2 Å². The highest BCUT2D eigenvalue weighted by molar-refractivity contribution is 5.71. The van der Waals surface area contributed by atoms with Crippen LogP contribution in [0.2, 0.25) is 0 Å². The number of esters is 3. The third-order valence-corrected chi connectivity index (χ3v) is 9.83. The monoisotopic (exact) mass is 881 g/mol. The molecular formula is C58H88O6. The third kappa shape index (κ3) is 48.3. The van der Waals surface area contributed by atoms with Gasteiger partial charge < -0.3 is 14.2 Å². The van der Waals surface area contributed by atoms with E-state index in [1.807, 2.05) is 60.8 Å². The Morgan fingerprint density at radius 1 is 0.328 bits per heavy atom. The molecule has 64 heavy (non-hydrogen) atoms. The number of carbonyl (C=O) groups excluding carboxylic acids is 3. The minimum absolute atomic E-state index is 0.124. The first-order chi connectivity index (χ1) is 31.5. The van der Waals surface area contributed by atoms with Gasteiger partial charge in [-0.05, 0) is 83.5 Å². The fraction of sp³-hybridized carbons (Fsp3) is 0.534. The Hall–Kier alpha value is -4.71. The minimum Gasteiger partial charge on any atom is -0.462 e. The maximum absolute atomic E-state index is 12.8. The van der Waals surface area contributed by atoms with E-state index >= 15 is 0 Å². The summed E-state index contributed by atoms with van der Waals surface area (Å²) >= 11 is 0. The summed E-state index contributed by atoms with van der Waals surface area (Å²) in [5.41, 5.74) is 0. The Morgan fingerprint density at radius 3 is 1.03 bits per heavy atom. The molecule has 0 bridgehead atoms. The van der Waals surface area contributed by atoms with Gasteiger partial charge in [-0.2, -0.15) is 0 Å². The van der Waals surface area contributed by atoms with E-state index in [-0.39, 0.29) is 37.5 Å². The van der Waals surface area contributed by atoms with E-state index in [9.17, 15) is 14.4 Å². The fourth-order valence-electron chi connectivity index (χ4n) is 6.05. The number of hydrogen-bond acceptors (Lipinski definition) is 6. The lowest BCUT2D eigenvalue weighted by atomic mass is 10.1. The van der Waals surface area contributed by atoms with E-state index in [2.05, 4.69) is 106 Å². The van der Waals surface area contributed by atoms with Gasteiger partial charge in [0.15, 0.2) is 6.10 Å². The number of ether oxygens (including phenoxy) is 3. The highest BCUT2D eigenvalue weighted by Crippen LogP contribution is 2.11. The summed E-state index contributed by atoms with van der Waals surface area (Å²) in [7, 11) is 0. The number of allylic oxidation sites excluding steroid dienone is 24. The van der Waals surface area contributed by atoms with Gasteiger partial charge in [-0.15, -0.1) is 0 Å². The van der Waals surface area contributed by atoms with Crippen LogP contribution < -0.4 is 0 Å². The second-order valence-corrected chi connectivity index (χ2v) is 15.9. The number of unbranched alkanes of at least 4 members (excludes halogenated alkanes) is 16. The molecule has 0 aliphatic heterocycles. The molecule has 6 nitrogen and oxygen atoms in total. The molecule has 0 rings (SSSR count). The maximum Gasteiger partial charge on any atom is 0.306 e. The Kier molecular flexibility index (Phi) is 47.2. The summed E-state index contributed by atoms with van der Waals surface area (Å²) in [6, 6.07) is 0. The summed E-state index contributed by atoms with van der Waals surface area (Å²) in [6.45, 7) is 6.28. The highest BCUT2D eigenvalue weighted by Gasteiger charge is 2.19. The van der Waals surface area contributed by atoms with Crippen LogP contribution in [-0.2, 0) is 28.6 Å². The Balaban J connectivity index is 4.59. The molecule has 0 N–H and O–H groups in total. The first-order valence-corrected chi connectivity index (χ1v) is 25.0. The van der Waals surface area contributed by atoms with Crippen LogP contribution in [0.15, 0.2) is 146 Å². The first kappa shape index (κ1) is 59.3. The molecular weight excluding hydrogens is 793 g/mol. The van der Waals surface area contributed by atoms with Crippen molar-refractivity contribution in [2.75, 3.05) is 13.2 Å². The van der Waals surface area contributed by atoms with Crippen LogP contribution in [0, 0.1) is 0 Å². The van der Waals surface area contributed by atoms with Gasteiger partial charge in [0, 0.05) is 19.3 Å². The van der Waals surface area contributed by atoms with Crippen molar-refractivity contribution in [2.45, 2.75) is 187 Å². The van der Waals surface area contributed by atoms with Gasteiger partial charge in [-0.1, -0.05) is 224 Å². The van der Waals surface area contributed by atoms with Crippen LogP contribution in [-0.4, -0.2) is 37.2 Å². The molecule has 0 aromatic carbocycles. The quantitative estimate of drug-likeness (QED) is 0.0263. The smallest absolute Gasteiger partial charge is 0.306 e. The van der Waals surface area contributed by atoms with Crippen molar-refractivity contribution in [3.05, 3.63) is 146 Å². The van der Waals surface area contributed by atoms with Crippen molar-refractivity contribution < 1.29 is 28.6 Å². The SMILES string of the molecule is CC\C=C/C=C\C=C/C=C\C=C\C=C/CCCCCC(=O)OC(COC(=O)CCCCC/C=C\C=C/CCCC)COC(=O)CCCCCCC\C=C/C=C\C=C/C=C\CCCCC.